The van der Waals surface area contributed by atoms with Crippen molar-refractivity contribution < 1.29 is 19.3 Å². The van der Waals surface area contributed by atoms with E-state index < -0.39 is 0 Å². The summed E-state index contributed by atoms with van der Waals surface area (Å²) in [5, 5.41) is 9.01. The van der Waals surface area contributed by atoms with E-state index in [-0.39, 0.29) is 6.61 Å². The van der Waals surface area contributed by atoms with Crippen LogP contribution in [-0.2, 0) is 6.42 Å². The number of halogens is 1. The van der Waals surface area contributed by atoms with Gasteiger partial charge in [0.1, 0.15) is 5.75 Å². The van der Waals surface area contributed by atoms with Gasteiger partial charge in [0.2, 0.25) is 0 Å². The highest BCUT2D eigenvalue weighted by Crippen LogP contribution is 2.42. The molecule has 0 aliphatic rings. The van der Waals surface area contributed by atoms with Crippen LogP contribution in [0.3, 0.4) is 0 Å². The molecule has 0 saturated heterocycles. The Kier molecular flexibility index (Phi) is 4.89. The van der Waals surface area contributed by atoms with Crippen molar-refractivity contribution >= 4 is 15.9 Å². The Labute approximate surface area is 103 Å². The highest BCUT2D eigenvalue weighted by Gasteiger charge is 2.17. The zero-order valence-electron chi connectivity index (χ0n) is 9.54. The standard InChI is InChI=1S/C11H15BrO4/c1-14-8-6-9(15-2)11(16-3)10(12)7(8)4-5-13/h6,13H,4-5H2,1-3H3. The fourth-order valence-electron chi connectivity index (χ4n) is 1.49. The fraction of sp³-hybridized carbons (Fsp3) is 0.455. The number of hydrogen-bond donors (Lipinski definition) is 1. The first-order valence-corrected chi connectivity index (χ1v) is 5.57. The van der Waals surface area contributed by atoms with Crippen molar-refractivity contribution in [1.82, 2.24) is 0 Å². The predicted molar refractivity (Wildman–Crippen MR) is 64.6 cm³/mol. The summed E-state index contributed by atoms with van der Waals surface area (Å²) < 4.78 is 16.4. The van der Waals surface area contributed by atoms with Crippen molar-refractivity contribution in [2.75, 3.05) is 27.9 Å². The molecule has 5 heteroatoms. The Hall–Kier alpha value is -0.940. The predicted octanol–water partition coefficient (Wildman–Crippen LogP) is 2.01. The van der Waals surface area contributed by atoms with Crippen molar-refractivity contribution in [3.8, 4) is 17.2 Å². The topological polar surface area (TPSA) is 47.9 Å². The van der Waals surface area contributed by atoms with E-state index in [2.05, 4.69) is 15.9 Å². The highest BCUT2D eigenvalue weighted by molar-refractivity contribution is 9.10. The van der Waals surface area contributed by atoms with E-state index in [1.165, 1.54) is 0 Å². The number of ether oxygens (including phenoxy) is 3. The van der Waals surface area contributed by atoms with Gasteiger partial charge in [0, 0.05) is 24.7 Å². The summed E-state index contributed by atoms with van der Waals surface area (Å²) in [6.07, 6.45) is 0.490. The quantitative estimate of drug-likeness (QED) is 0.901. The van der Waals surface area contributed by atoms with Gasteiger partial charge in [-0.05, 0) is 15.9 Å². The number of aliphatic hydroxyl groups is 1. The van der Waals surface area contributed by atoms with Gasteiger partial charge in [-0.3, -0.25) is 0 Å². The maximum Gasteiger partial charge on any atom is 0.175 e. The van der Waals surface area contributed by atoms with Crippen LogP contribution >= 0.6 is 15.9 Å². The molecule has 0 atom stereocenters. The van der Waals surface area contributed by atoms with Crippen LogP contribution in [0.4, 0.5) is 0 Å². The van der Waals surface area contributed by atoms with E-state index in [4.69, 9.17) is 19.3 Å². The van der Waals surface area contributed by atoms with Gasteiger partial charge in [-0.1, -0.05) is 0 Å². The average molecular weight is 291 g/mol. The van der Waals surface area contributed by atoms with Crippen molar-refractivity contribution in [2.45, 2.75) is 6.42 Å². The molecule has 0 radical (unpaired) electrons. The highest BCUT2D eigenvalue weighted by atomic mass is 79.9. The van der Waals surface area contributed by atoms with Gasteiger partial charge in [0.05, 0.1) is 25.8 Å². The smallest absolute Gasteiger partial charge is 0.175 e. The van der Waals surface area contributed by atoms with E-state index in [9.17, 15) is 0 Å². The van der Waals surface area contributed by atoms with Crippen LogP contribution in [-0.4, -0.2) is 33.0 Å². The molecular formula is C11H15BrO4. The first kappa shape index (κ1) is 13.1. The average Bonchev–Trinajstić information content (AvgIpc) is 2.31. The van der Waals surface area contributed by atoms with Crippen LogP contribution in [0, 0.1) is 0 Å². The number of aliphatic hydroxyl groups excluding tert-OH is 1. The first-order chi connectivity index (χ1) is 7.69. The molecule has 1 aromatic rings. The molecular weight excluding hydrogens is 276 g/mol. The van der Waals surface area contributed by atoms with Gasteiger partial charge in [-0.2, -0.15) is 0 Å². The summed E-state index contributed by atoms with van der Waals surface area (Å²) >= 11 is 3.43. The van der Waals surface area contributed by atoms with Crippen molar-refractivity contribution in [1.29, 1.82) is 0 Å². The van der Waals surface area contributed by atoms with Gasteiger partial charge in [0.15, 0.2) is 11.5 Å². The van der Waals surface area contributed by atoms with Gasteiger partial charge in [0.25, 0.3) is 0 Å². The van der Waals surface area contributed by atoms with Gasteiger partial charge < -0.3 is 19.3 Å². The second-order valence-electron chi connectivity index (χ2n) is 3.08. The summed E-state index contributed by atoms with van der Waals surface area (Å²) in [7, 11) is 4.71. The molecule has 1 aromatic carbocycles. The van der Waals surface area contributed by atoms with Gasteiger partial charge in [-0.15, -0.1) is 0 Å². The summed E-state index contributed by atoms with van der Waals surface area (Å²) in [5.74, 6) is 1.86. The van der Waals surface area contributed by atoms with E-state index >= 15 is 0 Å². The normalized spacial score (nSPS) is 10.1. The van der Waals surface area contributed by atoms with E-state index in [1.54, 1.807) is 27.4 Å². The molecule has 0 unspecified atom stereocenters. The van der Waals surface area contributed by atoms with Crippen molar-refractivity contribution in [3.05, 3.63) is 16.1 Å². The zero-order chi connectivity index (χ0) is 12.1. The lowest BCUT2D eigenvalue weighted by Gasteiger charge is -2.16. The van der Waals surface area contributed by atoms with Crippen molar-refractivity contribution in [2.24, 2.45) is 0 Å². The van der Waals surface area contributed by atoms with Crippen molar-refractivity contribution in [3.63, 3.8) is 0 Å². The second kappa shape index (κ2) is 5.96. The molecule has 0 spiro atoms. The Balaban J connectivity index is 3.36. The Morgan fingerprint density at radius 3 is 2.19 bits per heavy atom. The van der Waals surface area contributed by atoms with Crippen LogP contribution in [0.5, 0.6) is 17.2 Å². The number of hydrogen-bond acceptors (Lipinski definition) is 4. The minimum Gasteiger partial charge on any atom is -0.496 e. The molecule has 0 aromatic heterocycles. The molecule has 0 fully saturated rings. The zero-order valence-corrected chi connectivity index (χ0v) is 11.1. The minimum absolute atomic E-state index is 0.0461. The number of methoxy groups -OCH3 is 3. The fourth-order valence-corrected chi connectivity index (χ4v) is 2.24. The third kappa shape index (κ3) is 2.41. The largest absolute Gasteiger partial charge is 0.496 e. The van der Waals surface area contributed by atoms with Crippen LogP contribution in [0.15, 0.2) is 10.5 Å². The van der Waals surface area contributed by atoms with Crippen LogP contribution in [0.2, 0.25) is 0 Å². The Morgan fingerprint density at radius 1 is 1.12 bits per heavy atom. The number of rotatable bonds is 5. The van der Waals surface area contributed by atoms with Gasteiger partial charge in [-0.25, -0.2) is 0 Å². The molecule has 0 aliphatic heterocycles. The lowest BCUT2D eigenvalue weighted by atomic mass is 10.1. The van der Waals surface area contributed by atoms with E-state index in [1.807, 2.05) is 0 Å². The summed E-state index contributed by atoms with van der Waals surface area (Å²) in [6, 6.07) is 1.74. The third-order valence-electron chi connectivity index (χ3n) is 2.25. The minimum atomic E-state index is 0.0461. The first-order valence-electron chi connectivity index (χ1n) is 4.77. The molecule has 4 nitrogen and oxygen atoms in total. The molecule has 0 amide bonds. The molecule has 0 bridgehead atoms. The lowest BCUT2D eigenvalue weighted by Crippen LogP contribution is -2.01. The SMILES string of the molecule is COc1cc(OC)c(OC)c(Br)c1CCO. The maximum atomic E-state index is 9.01. The molecule has 16 heavy (non-hydrogen) atoms. The molecule has 0 aliphatic carbocycles. The van der Waals surface area contributed by atoms with Gasteiger partial charge >= 0.3 is 0 Å². The van der Waals surface area contributed by atoms with E-state index in [0.717, 1.165) is 10.0 Å². The summed E-state index contributed by atoms with van der Waals surface area (Å²) in [6.45, 7) is 0.0461. The summed E-state index contributed by atoms with van der Waals surface area (Å²) in [4.78, 5) is 0. The third-order valence-corrected chi connectivity index (χ3v) is 3.09. The maximum absolute atomic E-state index is 9.01. The van der Waals surface area contributed by atoms with Crippen LogP contribution < -0.4 is 14.2 Å². The van der Waals surface area contributed by atoms with Crippen LogP contribution in [0.25, 0.3) is 0 Å². The second-order valence-corrected chi connectivity index (χ2v) is 3.87. The molecule has 1 rings (SSSR count). The monoisotopic (exact) mass is 290 g/mol. The Morgan fingerprint density at radius 2 is 1.75 bits per heavy atom. The summed E-state index contributed by atoms with van der Waals surface area (Å²) in [5.41, 5.74) is 0.864. The van der Waals surface area contributed by atoms with E-state index in [0.29, 0.717) is 23.7 Å². The van der Waals surface area contributed by atoms with Crippen LogP contribution in [0.1, 0.15) is 5.56 Å². The molecule has 0 saturated carbocycles. The molecule has 90 valence electrons. The molecule has 0 heterocycles. The molecule has 1 N–H and O–H groups in total. The lowest BCUT2D eigenvalue weighted by molar-refractivity contribution is 0.295. The Bertz CT molecular complexity index is 365. The number of benzene rings is 1.